The zero-order valence-electron chi connectivity index (χ0n) is 10.3. The zero-order chi connectivity index (χ0) is 12.7. The first kappa shape index (κ1) is 13.9. The van der Waals surface area contributed by atoms with Crippen LogP contribution in [0.2, 0.25) is 0 Å². The Morgan fingerprint density at radius 3 is 2.88 bits per heavy atom. The monoisotopic (exact) mass is 243 g/mol. The Balaban J connectivity index is 2.23. The van der Waals surface area contributed by atoms with Gasteiger partial charge in [-0.2, -0.15) is 0 Å². The van der Waals surface area contributed by atoms with Crippen molar-refractivity contribution in [3.05, 3.63) is 0 Å². The van der Waals surface area contributed by atoms with Gasteiger partial charge in [0.1, 0.15) is 0 Å². The van der Waals surface area contributed by atoms with Crippen LogP contribution in [0.15, 0.2) is 0 Å². The van der Waals surface area contributed by atoms with Crippen molar-refractivity contribution in [2.24, 2.45) is 11.7 Å². The van der Waals surface area contributed by atoms with Crippen molar-refractivity contribution in [3.63, 3.8) is 0 Å². The molecule has 1 fully saturated rings. The molecule has 1 rings (SSSR count). The number of ether oxygens (including phenoxy) is 1. The summed E-state index contributed by atoms with van der Waals surface area (Å²) in [5.41, 5.74) is 5.13. The van der Waals surface area contributed by atoms with E-state index in [1.165, 1.54) is 0 Å². The Morgan fingerprint density at radius 1 is 1.53 bits per heavy atom. The van der Waals surface area contributed by atoms with Crippen molar-refractivity contribution in [1.29, 1.82) is 0 Å². The summed E-state index contributed by atoms with van der Waals surface area (Å²) in [6.45, 7) is 2.14. The van der Waals surface area contributed by atoms with Gasteiger partial charge in [0.05, 0.1) is 19.7 Å². The molecule has 1 heterocycles. The van der Waals surface area contributed by atoms with Gasteiger partial charge in [0, 0.05) is 20.2 Å². The molecule has 1 atom stereocenters. The molecule has 0 aromatic heterocycles. The summed E-state index contributed by atoms with van der Waals surface area (Å²) in [7, 11) is 1.74. The average Bonchev–Trinajstić information content (AvgIpc) is 2.36. The van der Waals surface area contributed by atoms with Crippen LogP contribution < -0.4 is 11.1 Å². The smallest absolute Gasteiger partial charge is 0.241 e. The van der Waals surface area contributed by atoms with E-state index < -0.39 is 0 Å². The van der Waals surface area contributed by atoms with Gasteiger partial charge in [0.15, 0.2) is 0 Å². The van der Waals surface area contributed by atoms with E-state index in [4.69, 9.17) is 10.5 Å². The number of hydrogen-bond donors (Lipinski definition) is 2. The maximum Gasteiger partial charge on any atom is 0.241 e. The van der Waals surface area contributed by atoms with Crippen LogP contribution in [0.1, 0.15) is 12.8 Å². The molecule has 1 aliphatic rings. The highest BCUT2D eigenvalue weighted by atomic mass is 16.5. The SMILES string of the molecule is CN(CC1CCCOC1)C(=O)CNC(=O)CN. The summed E-state index contributed by atoms with van der Waals surface area (Å²) < 4.78 is 5.35. The van der Waals surface area contributed by atoms with Crippen molar-refractivity contribution in [1.82, 2.24) is 10.2 Å². The van der Waals surface area contributed by atoms with E-state index in [1.807, 2.05) is 0 Å². The van der Waals surface area contributed by atoms with Crippen LogP contribution in [0.5, 0.6) is 0 Å². The fraction of sp³-hybridized carbons (Fsp3) is 0.818. The highest BCUT2D eigenvalue weighted by molar-refractivity contribution is 5.85. The quantitative estimate of drug-likeness (QED) is 0.645. The van der Waals surface area contributed by atoms with Crippen LogP contribution in [0, 0.1) is 5.92 Å². The minimum atomic E-state index is -0.312. The predicted octanol–water partition coefficient (Wildman–Crippen LogP) is -1.05. The second-order valence-electron chi connectivity index (χ2n) is 4.34. The average molecular weight is 243 g/mol. The van der Waals surface area contributed by atoms with Crippen LogP contribution in [-0.4, -0.2) is 56.6 Å². The molecule has 6 nitrogen and oxygen atoms in total. The van der Waals surface area contributed by atoms with Gasteiger partial charge in [-0.05, 0) is 18.8 Å². The second kappa shape index (κ2) is 7.24. The Bertz CT molecular complexity index is 265. The molecule has 1 unspecified atom stereocenters. The highest BCUT2D eigenvalue weighted by Crippen LogP contribution is 2.14. The number of carbonyl (C=O) groups is 2. The lowest BCUT2D eigenvalue weighted by molar-refractivity contribution is -0.132. The molecule has 0 bridgehead atoms. The van der Waals surface area contributed by atoms with Gasteiger partial charge in [-0.1, -0.05) is 0 Å². The topological polar surface area (TPSA) is 84.7 Å². The van der Waals surface area contributed by atoms with Crippen molar-refractivity contribution < 1.29 is 14.3 Å². The molecule has 1 aliphatic heterocycles. The standard InChI is InChI=1S/C11H21N3O3/c1-14(7-9-3-2-4-17-8-9)11(16)6-13-10(15)5-12/h9H,2-8,12H2,1H3,(H,13,15). The molecule has 3 N–H and O–H groups in total. The first-order chi connectivity index (χ1) is 8.13. The summed E-state index contributed by atoms with van der Waals surface area (Å²) in [5, 5.41) is 2.46. The first-order valence-corrected chi connectivity index (χ1v) is 5.92. The van der Waals surface area contributed by atoms with E-state index >= 15 is 0 Å². The predicted molar refractivity (Wildman–Crippen MR) is 63.2 cm³/mol. The fourth-order valence-corrected chi connectivity index (χ4v) is 1.82. The van der Waals surface area contributed by atoms with Crippen LogP contribution >= 0.6 is 0 Å². The first-order valence-electron chi connectivity index (χ1n) is 5.92. The fourth-order valence-electron chi connectivity index (χ4n) is 1.82. The van der Waals surface area contributed by atoms with Crippen molar-refractivity contribution in [2.75, 3.05) is 39.9 Å². The molecule has 0 spiro atoms. The van der Waals surface area contributed by atoms with E-state index in [0.29, 0.717) is 19.1 Å². The van der Waals surface area contributed by atoms with E-state index in [9.17, 15) is 9.59 Å². The Morgan fingerprint density at radius 2 is 2.29 bits per heavy atom. The molecule has 98 valence electrons. The second-order valence-corrected chi connectivity index (χ2v) is 4.34. The zero-order valence-corrected chi connectivity index (χ0v) is 10.3. The molecule has 6 heteroatoms. The van der Waals surface area contributed by atoms with Crippen LogP contribution in [-0.2, 0) is 14.3 Å². The molecule has 0 aromatic rings. The summed E-state index contributed by atoms with van der Waals surface area (Å²) in [6, 6.07) is 0. The maximum absolute atomic E-state index is 11.7. The Hall–Kier alpha value is -1.14. The van der Waals surface area contributed by atoms with Gasteiger partial charge in [-0.25, -0.2) is 0 Å². The van der Waals surface area contributed by atoms with Crippen molar-refractivity contribution in [2.45, 2.75) is 12.8 Å². The summed E-state index contributed by atoms with van der Waals surface area (Å²) in [6.07, 6.45) is 2.14. The molecule has 1 saturated heterocycles. The molecule has 17 heavy (non-hydrogen) atoms. The van der Waals surface area contributed by atoms with Gasteiger partial charge < -0.3 is 20.7 Å². The van der Waals surface area contributed by atoms with Crippen molar-refractivity contribution >= 4 is 11.8 Å². The number of nitrogens with one attached hydrogen (secondary N) is 1. The molecular weight excluding hydrogens is 222 g/mol. The van der Waals surface area contributed by atoms with Gasteiger partial charge in [-0.3, -0.25) is 9.59 Å². The lowest BCUT2D eigenvalue weighted by atomic mass is 10.0. The number of nitrogens with zero attached hydrogens (tertiary/aromatic N) is 1. The van der Waals surface area contributed by atoms with Crippen LogP contribution in [0.25, 0.3) is 0 Å². The third kappa shape index (κ3) is 5.14. The summed E-state index contributed by atoms with van der Waals surface area (Å²) in [5.74, 6) is -0.00645. The molecule has 0 saturated carbocycles. The summed E-state index contributed by atoms with van der Waals surface area (Å²) >= 11 is 0. The maximum atomic E-state index is 11.7. The molecule has 0 radical (unpaired) electrons. The minimum Gasteiger partial charge on any atom is -0.381 e. The van der Waals surface area contributed by atoms with E-state index in [0.717, 1.165) is 19.4 Å². The number of carbonyl (C=O) groups excluding carboxylic acids is 2. The van der Waals surface area contributed by atoms with Gasteiger partial charge in [0.2, 0.25) is 11.8 Å². The van der Waals surface area contributed by atoms with E-state index in [-0.39, 0.29) is 24.9 Å². The third-order valence-electron chi connectivity index (χ3n) is 2.83. The largest absolute Gasteiger partial charge is 0.381 e. The molecule has 0 aromatic carbocycles. The highest BCUT2D eigenvalue weighted by Gasteiger charge is 2.18. The van der Waals surface area contributed by atoms with Crippen molar-refractivity contribution in [3.8, 4) is 0 Å². The van der Waals surface area contributed by atoms with Gasteiger partial charge in [-0.15, -0.1) is 0 Å². The summed E-state index contributed by atoms with van der Waals surface area (Å²) in [4.78, 5) is 24.2. The Labute approximate surface area is 101 Å². The number of likely N-dealkylation sites (N-methyl/N-ethyl adjacent to an activating group) is 1. The lowest BCUT2D eigenvalue weighted by Crippen LogP contribution is -2.42. The number of nitrogens with two attached hydrogens (primary N) is 1. The van der Waals surface area contributed by atoms with Gasteiger partial charge in [0.25, 0.3) is 0 Å². The normalized spacial score (nSPS) is 19.8. The molecule has 0 aliphatic carbocycles. The lowest BCUT2D eigenvalue weighted by Gasteiger charge is -2.27. The Kier molecular flexibility index (Phi) is 5.93. The molecule has 2 amide bonds. The number of amides is 2. The number of hydrogen-bond acceptors (Lipinski definition) is 4. The number of rotatable bonds is 5. The van der Waals surface area contributed by atoms with E-state index in [2.05, 4.69) is 5.32 Å². The third-order valence-corrected chi connectivity index (χ3v) is 2.83. The van der Waals surface area contributed by atoms with Crippen LogP contribution in [0.3, 0.4) is 0 Å². The van der Waals surface area contributed by atoms with Crippen LogP contribution in [0.4, 0.5) is 0 Å². The van der Waals surface area contributed by atoms with Gasteiger partial charge >= 0.3 is 0 Å². The molecular formula is C11H21N3O3. The van der Waals surface area contributed by atoms with E-state index in [1.54, 1.807) is 11.9 Å². The minimum absolute atomic E-state index is 0.0140.